The molecule has 1 aliphatic carbocycles. The zero-order chi connectivity index (χ0) is 24.7. The van der Waals surface area contributed by atoms with E-state index in [4.69, 9.17) is 0 Å². The molecule has 5 rings (SSSR count). The SMILES string of the molecule is CNC(=O)C1=C(N2CC[C@@]3(CCN(C(=O)c4cncc5ccccc45)C3)C2)C([N+](=O)[O-])=CC(Br)C1. The first-order chi connectivity index (χ1) is 16.8. The largest absolute Gasteiger partial charge is 0.365 e. The van der Waals surface area contributed by atoms with Crippen molar-refractivity contribution >= 4 is 38.5 Å². The van der Waals surface area contributed by atoms with Crippen molar-refractivity contribution in [3.05, 3.63) is 75.4 Å². The number of pyridine rings is 1. The molecule has 2 fully saturated rings. The van der Waals surface area contributed by atoms with Crippen molar-refractivity contribution in [2.45, 2.75) is 24.1 Å². The maximum Gasteiger partial charge on any atom is 0.290 e. The number of halogens is 1. The van der Waals surface area contributed by atoms with Gasteiger partial charge < -0.3 is 15.1 Å². The Morgan fingerprint density at radius 1 is 1.20 bits per heavy atom. The Labute approximate surface area is 211 Å². The van der Waals surface area contributed by atoms with Gasteiger partial charge in [0.15, 0.2) is 0 Å². The summed E-state index contributed by atoms with van der Waals surface area (Å²) >= 11 is 3.43. The summed E-state index contributed by atoms with van der Waals surface area (Å²) in [6, 6.07) is 7.72. The molecule has 1 N–H and O–H groups in total. The Morgan fingerprint density at radius 3 is 2.74 bits per heavy atom. The molecule has 0 bridgehead atoms. The Balaban J connectivity index is 1.40. The van der Waals surface area contributed by atoms with Gasteiger partial charge in [0.25, 0.3) is 11.6 Å². The average Bonchev–Trinajstić information content (AvgIpc) is 3.48. The number of hydrogen-bond donors (Lipinski definition) is 1. The van der Waals surface area contributed by atoms with Gasteiger partial charge in [-0.05, 0) is 24.6 Å². The first-order valence-corrected chi connectivity index (χ1v) is 12.6. The van der Waals surface area contributed by atoms with Gasteiger partial charge in [0.2, 0.25) is 5.91 Å². The van der Waals surface area contributed by atoms with E-state index >= 15 is 0 Å². The van der Waals surface area contributed by atoms with E-state index in [1.807, 2.05) is 34.1 Å². The minimum atomic E-state index is -0.408. The number of rotatable bonds is 4. The normalized spacial score (nSPS) is 24.3. The second-order valence-corrected chi connectivity index (χ2v) is 10.7. The molecule has 2 aliphatic heterocycles. The Bertz CT molecular complexity index is 1290. The molecule has 1 unspecified atom stereocenters. The van der Waals surface area contributed by atoms with E-state index in [0.29, 0.717) is 49.4 Å². The van der Waals surface area contributed by atoms with Crippen molar-refractivity contribution in [2.24, 2.45) is 5.41 Å². The van der Waals surface area contributed by atoms with Crippen LogP contribution in [0.2, 0.25) is 0 Å². The van der Waals surface area contributed by atoms with Gasteiger partial charge in [-0.25, -0.2) is 0 Å². The molecule has 9 nitrogen and oxygen atoms in total. The Kier molecular flexibility index (Phi) is 6.08. The topological polar surface area (TPSA) is 109 Å². The van der Waals surface area contributed by atoms with Crippen LogP contribution in [-0.2, 0) is 4.79 Å². The zero-order valence-corrected chi connectivity index (χ0v) is 21.0. The smallest absolute Gasteiger partial charge is 0.290 e. The van der Waals surface area contributed by atoms with Crippen LogP contribution in [0.3, 0.4) is 0 Å². The minimum absolute atomic E-state index is 0.0402. The molecule has 2 atom stereocenters. The monoisotopic (exact) mass is 539 g/mol. The summed E-state index contributed by atoms with van der Waals surface area (Å²) in [5, 5.41) is 16.3. The van der Waals surface area contributed by atoms with E-state index < -0.39 is 4.92 Å². The summed E-state index contributed by atoms with van der Waals surface area (Å²) in [5.74, 6) is -0.343. The van der Waals surface area contributed by atoms with Gasteiger partial charge in [0.05, 0.1) is 10.5 Å². The van der Waals surface area contributed by atoms with E-state index in [1.165, 1.54) is 7.05 Å². The lowest BCUT2D eigenvalue weighted by Crippen LogP contribution is -2.36. The third-order valence-electron chi connectivity index (χ3n) is 7.34. The number of aromatic nitrogens is 1. The molecule has 3 aliphatic rings. The van der Waals surface area contributed by atoms with E-state index in [-0.39, 0.29) is 27.8 Å². The van der Waals surface area contributed by atoms with Gasteiger partial charge in [0.1, 0.15) is 5.70 Å². The van der Waals surface area contributed by atoms with E-state index in [2.05, 4.69) is 26.2 Å². The number of nitrogens with one attached hydrogen (secondary N) is 1. The van der Waals surface area contributed by atoms with Crippen molar-refractivity contribution in [3.8, 4) is 0 Å². The number of likely N-dealkylation sites (tertiary alicyclic amines) is 2. The molecule has 2 aromatic rings. The molecule has 1 spiro atoms. The van der Waals surface area contributed by atoms with Crippen LogP contribution >= 0.6 is 15.9 Å². The fraction of sp³-hybridized carbons (Fsp3) is 0.400. The zero-order valence-electron chi connectivity index (χ0n) is 19.4. The summed E-state index contributed by atoms with van der Waals surface area (Å²) in [7, 11) is 1.54. The number of nitro groups is 1. The highest BCUT2D eigenvalue weighted by molar-refractivity contribution is 9.09. The molecule has 2 saturated heterocycles. The lowest BCUT2D eigenvalue weighted by Gasteiger charge is -2.29. The van der Waals surface area contributed by atoms with Gasteiger partial charge in [-0.2, -0.15) is 0 Å². The highest BCUT2D eigenvalue weighted by atomic mass is 79.9. The van der Waals surface area contributed by atoms with Crippen molar-refractivity contribution in [1.82, 2.24) is 20.1 Å². The first kappa shape index (κ1) is 23.5. The van der Waals surface area contributed by atoms with Crippen molar-refractivity contribution in [1.29, 1.82) is 0 Å². The predicted molar refractivity (Wildman–Crippen MR) is 134 cm³/mol. The fourth-order valence-electron chi connectivity index (χ4n) is 5.63. The van der Waals surface area contributed by atoms with Gasteiger partial charge in [-0.3, -0.25) is 24.7 Å². The van der Waals surface area contributed by atoms with Gasteiger partial charge in [-0.15, -0.1) is 0 Å². The van der Waals surface area contributed by atoms with Gasteiger partial charge in [0, 0.05) is 72.9 Å². The van der Waals surface area contributed by atoms with Crippen molar-refractivity contribution in [2.75, 3.05) is 33.2 Å². The lowest BCUT2D eigenvalue weighted by molar-refractivity contribution is -0.423. The second-order valence-electron chi connectivity index (χ2n) is 9.49. The summed E-state index contributed by atoms with van der Waals surface area (Å²) in [6.45, 7) is 2.37. The molecule has 1 aromatic heterocycles. The molecule has 0 radical (unpaired) electrons. The highest BCUT2D eigenvalue weighted by Gasteiger charge is 2.48. The highest BCUT2D eigenvalue weighted by Crippen LogP contribution is 2.44. The predicted octanol–water partition coefficient (Wildman–Crippen LogP) is 3.10. The number of nitrogens with zero attached hydrogens (tertiary/aromatic N) is 4. The lowest BCUT2D eigenvalue weighted by atomic mass is 9.86. The molecule has 182 valence electrons. The van der Waals surface area contributed by atoms with Crippen LogP contribution in [0.1, 0.15) is 29.6 Å². The van der Waals surface area contributed by atoms with Crippen molar-refractivity contribution in [3.63, 3.8) is 0 Å². The molecule has 1 aromatic carbocycles. The molecule has 0 saturated carbocycles. The Hall–Kier alpha value is -3.27. The number of allylic oxidation sites excluding steroid dienone is 1. The average molecular weight is 540 g/mol. The van der Waals surface area contributed by atoms with Crippen molar-refractivity contribution < 1.29 is 14.5 Å². The van der Waals surface area contributed by atoms with Crippen LogP contribution < -0.4 is 5.32 Å². The number of carbonyl (C=O) groups excluding carboxylic acids is 2. The fourth-order valence-corrected chi connectivity index (χ4v) is 6.21. The second kappa shape index (κ2) is 9.07. The molecular formula is C25H26BrN5O4. The molecule has 2 amide bonds. The summed E-state index contributed by atoms with van der Waals surface area (Å²) in [4.78, 5) is 45.4. The van der Waals surface area contributed by atoms with Crippen LogP contribution in [0, 0.1) is 15.5 Å². The molecule has 3 heterocycles. The Morgan fingerprint density at radius 2 is 1.97 bits per heavy atom. The number of benzene rings is 1. The minimum Gasteiger partial charge on any atom is -0.365 e. The quantitative estimate of drug-likeness (QED) is 0.363. The van der Waals surface area contributed by atoms with Crippen LogP contribution in [0.25, 0.3) is 10.8 Å². The standard InChI is InChI=1S/C25H26BrN5O4/c1-27-23(32)19-10-17(26)11-21(31(34)35)22(19)29-8-6-25(14-29)7-9-30(15-25)24(33)20-13-28-12-16-4-2-3-5-18(16)20/h2-5,11-13,17H,6-10,14-15H2,1H3,(H,27,32)/t17?,25-/m1/s1. The molecular weight excluding hydrogens is 514 g/mol. The summed E-state index contributed by atoms with van der Waals surface area (Å²) in [5.41, 5.74) is 1.22. The maximum absolute atomic E-state index is 13.4. The molecule has 35 heavy (non-hydrogen) atoms. The van der Waals surface area contributed by atoms with E-state index in [1.54, 1.807) is 18.5 Å². The van der Waals surface area contributed by atoms with Crippen LogP contribution in [-0.4, -0.2) is 69.6 Å². The number of fused-ring (bicyclic) bond motifs is 1. The third-order valence-corrected chi connectivity index (χ3v) is 7.93. The summed E-state index contributed by atoms with van der Waals surface area (Å²) < 4.78 is 0. The van der Waals surface area contributed by atoms with E-state index in [9.17, 15) is 19.7 Å². The number of hydrogen-bond acceptors (Lipinski definition) is 6. The van der Waals surface area contributed by atoms with Crippen LogP contribution in [0.4, 0.5) is 0 Å². The van der Waals surface area contributed by atoms with Crippen LogP contribution in [0.15, 0.2) is 59.7 Å². The first-order valence-electron chi connectivity index (χ1n) is 11.6. The maximum atomic E-state index is 13.4. The number of carbonyl (C=O) groups is 2. The van der Waals surface area contributed by atoms with E-state index in [0.717, 1.165) is 23.6 Å². The van der Waals surface area contributed by atoms with Gasteiger partial charge >= 0.3 is 0 Å². The van der Waals surface area contributed by atoms with Crippen LogP contribution in [0.5, 0.6) is 0 Å². The summed E-state index contributed by atoms with van der Waals surface area (Å²) in [6.07, 6.45) is 6.96. The number of alkyl halides is 1. The van der Waals surface area contributed by atoms with Gasteiger partial charge in [-0.1, -0.05) is 40.2 Å². The number of likely N-dealkylation sites (N-methyl/N-ethyl adjacent to an activating group) is 1. The molecule has 10 heteroatoms. The third kappa shape index (κ3) is 4.20. The number of amides is 2.